The summed E-state index contributed by atoms with van der Waals surface area (Å²) in [4.78, 5) is 10.9. The van der Waals surface area contributed by atoms with Crippen molar-refractivity contribution in [3.05, 3.63) is 18.2 Å². The van der Waals surface area contributed by atoms with E-state index in [1.54, 1.807) is 0 Å². The third-order valence-electron chi connectivity index (χ3n) is 3.19. The van der Waals surface area contributed by atoms with Crippen molar-refractivity contribution < 1.29 is 0 Å². The lowest BCUT2D eigenvalue weighted by molar-refractivity contribution is 0.459. The first kappa shape index (κ1) is 16.5. The molecule has 0 saturated heterocycles. The fourth-order valence-corrected chi connectivity index (χ4v) is 2.11. The minimum absolute atomic E-state index is 0.620. The second-order valence-corrected chi connectivity index (χ2v) is 5.57. The van der Waals surface area contributed by atoms with E-state index < -0.39 is 0 Å². The van der Waals surface area contributed by atoms with E-state index in [2.05, 4.69) is 52.6 Å². The van der Waals surface area contributed by atoms with Crippen LogP contribution >= 0.6 is 0 Å². The molecule has 0 aromatic carbocycles. The molecule has 0 spiro atoms. The maximum Gasteiger partial charge on any atom is 0.193 e. The topological polar surface area (TPSA) is 45.4 Å². The Morgan fingerprint density at radius 2 is 2.25 bits per heavy atom. The Labute approximate surface area is 123 Å². The number of guanidine groups is 1. The number of aromatic nitrogens is 2. The van der Waals surface area contributed by atoms with E-state index in [0.717, 1.165) is 24.9 Å². The van der Waals surface area contributed by atoms with Crippen LogP contribution in [0.25, 0.3) is 0 Å². The van der Waals surface area contributed by atoms with Crippen LogP contribution in [0.3, 0.4) is 0 Å². The Kier molecular flexibility index (Phi) is 7.12. The Balaban J connectivity index is 2.54. The van der Waals surface area contributed by atoms with E-state index in [1.165, 1.54) is 12.8 Å². The van der Waals surface area contributed by atoms with Gasteiger partial charge in [0.25, 0.3) is 0 Å². The standard InChI is InChI=1S/C15H29N5/c1-6-7-9-19(5)15(16-4)18-11-14-17-8-10-20(14)12-13(2)3/h8,10,13H,6-7,9,11-12H2,1-5H3,(H,16,18). The Hall–Kier alpha value is -1.52. The molecule has 114 valence electrons. The van der Waals surface area contributed by atoms with Gasteiger partial charge in [-0.2, -0.15) is 0 Å². The number of unbranched alkanes of at least 4 members (excludes halogenated alkanes) is 1. The molecule has 0 saturated carbocycles. The lowest BCUT2D eigenvalue weighted by atomic mass is 10.2. The molecule has 5 nitrogen and oxygen atoms in total. The summed E-state index contributed by atoms with van der Waals surface area (Å²) in [6, 6.07) is 0. The van der Waals surface area contributed by atoms with Crippen LogP contribution in [0.5, 0.6) is 0 Å². The fraction of sp³-hybridized carbons (Fsp3) is 0.733. The average Bonchev–Trinajstić information content (AvgIpc) is 2.83. The molecule has 0 aliphatic rings. The van der Waals surface area contributed by atoms with E-state index in [9.17, 15) is 0 Å². The van der Waals surface area contributed by atoms with Crippen molar-refractivity contribution >= 4 is 5.96 Å². The van der Waals surface area contributed by atoms with Crippen LogP contribution in [0.2, 0.25) is 0 Å². The highest BCUT2D eigenvalue weighted by Gasteiger charge is 2.08. The van der Waals surface area contributed by atoms with E-state index in [-0.39, 0.29) is 0 Å². The molecular weight excluding hydrogens is 250 g/mol. The van der Waals surface area contributed by atoms with E-state index >= 15 is 0 Å². The largest absolute Gasteiger partial charge is 0.349 e. The predicted molar refractivity (Wildman–Crippen MR) is 84.8 cm³/mol. The monoisotopic (exact) mass is 279 g/mol. The quantitative estimate of drug-likeness (QED) is 0.615. The molecule has 1 aromatic heterocycles. The van der Waals surface area contributed by atoms with E-state index in [1.807, 2.05) is 19.4 Å². The van der Waals surface area contributed by atoms with Crippen molar-refractivity contribution in [1.29, 1.82) is 0 Å². The van der Waals surface area contributed by atoms with E-state index in [4.69, 9.17) is 0 Å². The average molecular weight is 279 g/mol. The lowest BCUT2D eigenvalue weighted by Crippen LogP contribution is -2.39. The summed E-state index contributed by atoms with van der Waals surface area (Å²) in [5.41, 5.74) is 0. The van der Waals surface area contributed by atoms with Crippen LogP contribution in [-0.4, -0.2) is 41.1 Å². The van der Waals surface area contributed by atoms with Crippen molar-refractivity contribution in [2.24, 2.45) is 10.9 Å². The van der Waals surface area contributed by atoms with Crippen LogP contribution < -0.4 is 5.32 Å². The smallest absolute Gasteiger partial charge is 0.193 e. The molecule has 0 bridgehead atoms. The van der Waals surface area contributed by atoms with Crippen molar-refractivity contribution in [2.75, 3.05) is 20.6 Å². The molecule has 0 amide bonds. The molecule has 0 radical (unpaired) electrons. The minimum Gasteiger partial charge on any atom is -0.349 e. The van der Waals surface area contributed by atoms with Crippen molar-refractivity contribution in [1.82, 2.24) is 19.8 Å². The van der Waals surface area contributed by atoms with Gasteiger partial charge in [-0.3, -0.25) is 4.99 Å². The van der Waals surface area contributed by atoms with Crippen LogP contribution in [0, 0.1) is 5.92 Å². The van der Waals surface area contributed by atoms with Gasteiger partial charge < -0.3 is 14.8 Å². The summed E-state index contributed by atoms with van der Waals surface area (Å²) < 4.78 is 2.21. The normalized spacial score (nSPS) is 12.0. The third kappa shape index (κ3) is 5.23. The van der Waals surface area contributed by atoms with Crippen LogP contribution in [0.4, 0.5) is 0 Å². The molecule has 0 unspecified atom stereocenters. The van der Waals surface area contributed by atoms with Gasteiger partial charge in [0.2, 0.25) is 0 Å². The molecule has 1 aromatic rings. The molecular formula is C15H29N5. The number of imidazole rings is 1. The number of nitrogens with one attached hydrogen (secondary N) is 1. The zero-order chi connectivity index (χ0) is 15.0. The highest BCUT2D eigenvalue weighted by molar-refractivity contribution is 5.79. The van der Waals surface area contributed by atoms with Crippen molar-refractivity contribution in [3.63, 3.8) is 0 Å². The third-order valence-corrected chi connectivity index (χ3v) is 3.19. The first-order valence-electron chi connectivity index (χ1n) is 7.50. The molecule has 20 heavy (non-hydrogen) atoms. The van der Waals surface area contributed by atoms with Gasteiger partial charge in [0.05, 0.1) is 6.54 Å². The highest BCUT2D eigenvalue weighted by atomic mass is 15.3. The lowest BCUT2D eigenvalue weighted by Gasteiger charge is -2.22. The second-order valence-electron chi connectivity index (χ2n) is 5.57. The first-order valence-corrected chi connectivity index (χ1v) is 7.50. The van der Waals surface area contributed by atoms with Gasteiger partial charge in [-0.25, -0.2) is 4.98 Å². The summed E-state index contributed by atoms with van der Waals surface area (Å²) in [7, 11) is 3.90. The zero-order valence-corrected chi connectivity index (χ0v) is 13.6. The molecule has 5 heteroatoms. The van der Waals surface area contributed by atoms with Crippen LogP contribution in [0.15, 0.2) is 17.4 Å². The summed E-state index contributed by atoms with van der Waals surface area (Å²) in [6.07, 6.45) is 6.28. The van der Waals surface area contributed by atoms with Gasteiger partial charge in [0.15, 0.2) is 5.96 Å². The molecule has 0 fully saturated rings. The molecule has 0 atom stereocenters. The molecule has 0 aliphatic carbocycles. The SMILES string of the molecule is CCCCN(C)C(=NC)NCc1nccn1CC(C)C. The molecule has 1 heterocycles. The molecule has 1 N–H and O–H groups in total. The van der Waals surface area contributed by atoms with Gasteiger partial charge >= 0.3 is 0 Å². The Bertz CT molecular complexity index is 408. The summed E-state index contributed by atoms with van der Waals surface area (Å²) in [5.74, 6) is 2.61. The Morgan fingerprint density at radius 3 is 2.85 bits per heavy atom. The number of rotatable bonds is 7. The zero-order valence-electron chi connectivity index (χ0n) is 13.6. The number of aliphatic imine (C=N–C) groups is 1. The maximum atomic E-state index is 4.42. The van der Waals surface area contributed by atoms with Gasteiger partial charge in [-0.15, -0.1) is 0 Å². The highest BCUT2D eigenvalue weighted by Crippen LogP contribution is 2.03. The molecule has 1 rings (SSSR count). The summed E-state index contributed by atoms with van der Waals surface area (Å²) in [6.45, 7) is 9.37. The van der Waals surface area contributed by atoms with Gasteiger partial charge in [-0.1, -0.05) is 27.2 Å². The van der Waals surface area contributed by atoms with Crippen LogP contribution in [0.1, 0.15) is 39.4 Å². The summed E-state index contributed by atoms with van der Waals surface area (Å²) in [5, 5.41) is 3.39. The van der Waals surface area contributed by atoms with E-state index in [0.29, 0.717) is 12.5 Å². The number of hydrogen-bond acceptors (Lipinski definition) is 2. The van der Waals surface area contributed by atoms with Gasteiger partial charge in [-0.05, 0) is 12.3 Å². The van der Waals surface area contributed by atoms with Crippen molar-refractivity contribution in [3.8, 4) is 0 Å². The number of nitrogens with zero attached hydrogens (tertiary/aromatic N) is 4. The first-order chi connectivity index (χ1) is 9.58. The predicted octanol–water partition coefficient (Wildman–Crippen LogP) is 2.35. The van der Waals surface area contributed by atoms with Gasteiger partial charge in [0.1, 0.15) is 5.82 Å². The summed E-state index contributed by atoms with van der Waals surface area (Å²) >= 11 is 0. The van der Waals surface area contributed by atoms with Crippen molar-refractivity contribution in [2.45, 2.75) is 46.7 Å². The number of hydrogen-bond donors (Lipinski definition) is 1. The minimum atomic E-state index is 0.620. The molecule has 0 aliphatic heterocycles. The van der Waals surface area contributed by atoms with Crippen LogP contribution in [-0.2, 0) is 13.1 Å². The van der Waals surface area contributed by atoms with Gasteiger partial charge in [0, 0.05) is 39.6 Å². The Morgan fingerprint density at radius 1 is 1.50 bits per heavy atom. The maximum absolute atomic E-state index is 4.42. The second kappa shape index (κ2) is 8.61. The fourth-order valence-electron chi connectivity index (χ4n) is 2.11.